The number of nitrogens with one attached hydrogen (secondary N) is 1. The Morgan fingerprint density at radius 2 is 2.05 bits per heavy atom. The van der Waals surface area contributed by atoms with Gasteiger partial charge in [0.1, 0.15) is 5.82 Å². The molecule has 1 N–H and O–H groups in total. The highest BCUT2D eigenvalue weighted by Gasteiger charge is 2.19. The fraction of sp³-hybridized carbons (Fsp3) is 0.688. The summed E-state index contributed by atoms with van der Waals surface area (Å²) >= 11 is 0. The Kier molecular flexibility index (Phi) is 5.20. The highest BCUT2D eigenvalue weighted by atomic mass is 15.2. The Labute approximate surface area is 117 Å². The van der Waals surface area contributed by atoms with Gasteiger partial charge in [0.2, 0.25) is 0 Å². The van der Waals surface area contributed by atoms with Crippen molar-refractivity contribution in [3.8, 4) is 0 Å². The van der Waals surface area contributed by atoms with Crippen molar-refractivity contribution < 1.29 is 0 Å². The summed E-state index contributed by atoms with van der Waals surface area (Å²) in [4.78, 5) is 7.22. The molecule has 1 aromatic heterocycles. The van der Waals surface area contributed by atoms with Crippen LogP contribution in [0, 0.1) is 12.8 Å². The summed E-state index contributed by atoms with van der Waals surface area (Å²) in [5.41, 5.74) is 2.45. The number of hydrogen-bond acceptors (Lipinski definition) is 3. The largest absolute Gasteiger partial charge is 0.357 e. The van der Waals surface area contributed by atoms with E-state index in [-0.39, 0.29) is 0 Å². The summed E-state index contributed by atoms with van der Waals surface area (Å²) in [5.74, 6) is 2.10. The van der Waals surface area contributed by atoms with Crippen LogP contribution in [0.1, 0.15) is 43.9 Å². The van der Waals surface area contributed by atoms with Crippen molar-refractivity contribution in [1.82, 2.24) is 10.3 Å². The maximum Gasteiger partial charge on any atom is 0.128 e. The predicted octanol–water partition coefficient (Wildman–Crippen LogP) is 3.13. The zero-order valence-electron chi connectivity index (χ0n) is 12.6. The van der Waals surface area contributed by atoms with E-state index >= 15 is 0 Å². The molecule has 3 nitrogen and oxygen atoms in total. The van der Waals surface area contributed by atoms with Gasteiger partial charge in [-0.15, -0.1) is 0 Å². The second-order valence-corrected chi connectivity index (χ2v) is 5.66. The highest BCUT2D eigenvalue weighted by Crippen LogP contribution is 2.25. The molecule has 106 valence electrons. The minimum Gasteiger partial charge on any atom is -0.357 e. The van der Waals surface area contributed by atoms with Crippen LogP contribution >= 0.6 is 0 Å². The van der Waals surface area contributed by atoms with Crippen molar-refractivity contribution in [3.05, 3.63) is 23.4 Å². The zero-order valence-corrected chi connectivity index (χ0v) is 12.6. The molecule has 0 amide bonds. The fourth-order valence-corrected chi connectivity index (χ4v) is 2.99. The molecule has 3 heteroatoms. The highest BCUT2D eigenvalue weighted by molar-refractivity contribution is 5.42. The summed E-state index contributed by atoms with van der Waals surface area (Å²) in [5, 5.41) is 3.19. The van der Waals surface area contributed by atoms with Crippen molar-refractivity contribution in [3.63, 3.8) is 0 Å². The normalized spacial score (nSPS) is 16.9. The lowest BCUT2D eigenvalue weighted by Gasteiger charge is -2.33. The van der Waals surface area contributed by atoms with E-state index in [0.29, 0.717) is 0 Å². The molecule has 0 spiro atoms. The molecule has 0 unspecified atom stereocenters. The number of hydrogen-bond donors (Lipinski definition) is 1. The van der Waals surface area contributed by atoms with E-state index in [1.54, 1.807) is 0 Å². The maximum atomic E-state index is 4.77. The summed E-state index contributed by atoms with van der Waals surface area (Å²) in [7, 11) is 1.98. The van der Waals surface area contributed by atoms with Crippen LogP contribution < -0.4 is 10.2 Å². The number of nitrogens with zero attached hydrogens (tertiary/aromatic N) is 2. The Morgan fingerprint density at radius 1 is 1.32 bits per heavy atom. The van der Waals surface area contributed by atoms with E-state index in [2.05, 4.69) is 36.2 Å². The zero-order chi connectivity index (χ0) is 13.7. The molecule has 1 saturated heterocycles. The molecule has 0 atom stereocenters. The molecule has 1 aliphatic rings. The lowest BCUT2D eigenvalue weighted by Crippen LogP contribution is -2.34. The van der Waals surface area contributed by atoms with Gasteiger partial charge >= 0.3 is 0 Å². The number of rotatable bonds is 5. The van der Waals surface area contributed by atoms with Crippen LogP contribution in [0.5, 0.6) is 0 Å². The standard InChI is InChI=1S/C16H27N3/c1-4-5-14-8-10-19(11-9-14)16-7-6-15(12-17-3)13(2)18-16/h6-7,14,17H,4-5,8-12H2,1-3H3. The van der Waals surface area contributed by atoms with E-state index in [9.17, 15) is 0 Å². The van der Waals surface area contributed by atoms with E-state index in [1.165, 1.54) is 44.3 Å². The van der Waals surface area contributed by atoms with Crippen molar-refractivity contribution in [2.45, 2.75) is 46.1 Å². The van der Waals surface area contributed by atoms with E-state index < -0.39 is 0 Å². The molecule has 0 saturated carbocycles. The lowest BCUT2D eigenvalue weighted by molar-refractivity contribution is 0.377. The van der Waals surface area contributed by atoms with Crippen molar-refractivity contribution in [2.75, 3.05) is 25.0 Å². The Balaban J connectivity index is 1.97. The van der Waals surface area contributed by atoms with Gasteiger partial charge in [-0.25, -0.2) is 4.98 Å². The van der Waals surface area contributed by atoms with Crippen molar-refractivity contribution >= 4 is 5.82 Å². The van der Waals surface area contributed by atoms with Crippen LogP contribution in [0.15, 0.2) is 12.1 Å². The second kappa shape index (κ2) is 6.90. The van der Waals surface area contributed by atoms with E-state index in [4.69, 9.17) is 4.98 Å². The van der Waals surface area contributed by atoms with Gasteiger partial charge in [-0.2, -0.15) is 0 Å². The fourth-order valence-electron chi connectivity index (χ4n) is 2.99. The van der Waals surface area contributed by atoms with Gasteiger partial charge in [-0.05, 0) is 44.4 Å². The number of aromatic nitrogens is 1. The van der Waals surface area contributed by atoms with Crippen LogP contribution in [-0.2, 0) is 6.54 Å². The number of piperidine rings is 1. The molecule has 1 fully saturated rings. The van der Waals surface area contributed by atoms with Crippen LogP contribution in [0.2, 0.25) is 0 Å². The minimum absolute atomic E-state index is 0.900. The van der Waals surface area contributed by atoms with E-state index in [0.717, 1.165) is 24.0 Å². The molecule has 0 bridgehead atoms. The summed E-state index contributed by atoms with van der Waals surface area (Å²) in [6.07, 6.45) is 5.36. The molecule has 19 heavy (non-hydrogen) atoms. The summed E-state index contributed by atoms with van der Waals surface area (Å²) < 4.78 is 0. The van der Waals surface area contributed by atoms with Crippen LogP contribution in [0.25, 0.3) is 0 Å². The van der Waals surface area contributed by atoms with Gasteiger partial charge in [0.05, 0.1) is 0 Å². The summed E-state index contributed by atoms with van der Waals surface area (Å²) in [6.45, 7) is 7.64. The third kappa shape index (κ3) is 3.69. The van der Waals surface area contributed by atoms with Gasteiger partial charge < -0.3 is 10.2 Å². The Morgan fingerprint density at radius 3 is 2.63 bits per heavy atom. The first-order chi connectivity index (χ1) is 9.24. The molecular weight excluding hydrogens is 234 g/mol. The van der Waals surface area contributed by atoms with Gasteiger partial charge in [0.25, 0.3) is 0 Å². The number of aryl methyl sites for hydroxylation is 1. The monoisotopic (exact) mass is 261 g/mol. The van der Waals surface area contributed by atoms with Crippen molar-refractivity contribution in [1.29, 1.82) is 0 Å². The Bertz CT molecular complexity index is 395. The Hall–Kier alpha value is -1.09. The third-order valence-corrected chi connectivity index (χ3v) is 4.18. The molecule has 0 aromatic carbocycles. The van der Waals surface area contributed by atoms with Gasteiger partial charge in [-0.1, -0.05) is 25.8 Å². The predicted molar refractivity (Wildman–Crippen MR) is 81.6 cm³/mol. The first-order valence-corrected chi connectivity index (χ1v) is 7.60. The van der Waals surface area contributed by atoms with Gasteiger partial charge in [-0.3, -0.25) is 0 Å². The quantitative estimate of drug-likeness (QED) is 0.882. The topological polar surface area (TPSA) is 28.2 Å². The number of pyridine rings is 1. The SMILES string of the molecule is CCCC1CCN(c2ccc(CNC)c(C)n2)CC1. The second-order valence-electron chi connectivity index (χ2n) is 5.66. The van der Waals surface area contributed by atoms with Crippen molar-refractivity contribution in [2.24, 2.45) is 5.92 Å². The first-order valence-electron chi connectivity index (χ1n) is 7.60. The third-order valence-electron chi connectivity index (χ3n) is 4.18. The molecule has 0 aliphatic carbocycles. The molecule has 1 aromatic rings. The smallest absolute Gasteiger partial charge is 0.128 e. The van der Waals surface area contributed by atoms with Gasteiger partial charge in [0, 0.05) is 25.3 Å². The van der Waals surface area contributed by atoms with Crippen LogP contribution in [-0.4, -0.2) is 25.1 Å². The minimum atomic E-state index is 0.900. The lowest BCUT2D eigenvalue weighted by atomic mass is 9.92. The van der Waals surface area contributed by atoms with Crippen LogP contribution in [0.4, 0.5) is 5.82 Å². The molecule has 1 aliphatic heterocycles. The molecule has 2 rings (SSSR count). The van der Waals surface area contributed by atoms with Crippen LogP contribution in [0.3, 0.4) is 0 Å². The average molecular weight is 261 g/mol. The maximum absolute atomic E-state index is 4.77. The molecular formula is C16H27N3. The first kappa shape index (κ1) is 14.3. The molecule has 2 heterocycles. The summed E-state index contributed by atoms with van der Waals surface area (Å²) in [6, 6.07) is 4.39. The molecule has 0 radical (unpaired) electrons. The average Bonchev–Trinajstić information content (AvgIpc) is 2.43. The van der Waals surface area contributed by atoms with Gasteiger partial charge in [0.15, 0.2) is 0 Å². The van der Waals surface area contributed by atoms with E-state index in [1.807, 2.05) is 7.05 Å². The number of anilines is 1.